The lowest BCUT2D eigenvalue weighted by molar-refractivity contribution is -0.159. The Hall–Kier alpha value is -2.66. The van der Waals surface area contributed by atoms with E-state index in [4.69, 9.17) is 0 Å². The van der Waals surface area contributed by atoms with Crippen molar-refractivity contribution < 1.29 is 14.7 Å². The lowest BCUT2D eigenvalue weighted by Crippen LogP contribution is -2.66. The van der Waals surface area contributed by atoms with Crippen LogP contribution in [0.15, 0.2) is 60.7 Å². The van der Waals surface area contributed by atoms with Crippen LogP contribution in [0, 0.1) is 11.8 Å². The highest BCUT2D eigenvalue weighted by Crippen LogP contribution is 2.43. The highest BCUT2D eigenvalue weighted by atomic mass is 16.3. The number of aliphatic hydroxyl groups excluding tert-OH is 1. The fraction of sp³-hybridized carbons (Fsp3) is 0.462. The molecule has 31 heavy (non-hydrogen) atoms. The monoisotopic (exact) mass is 418 g/mol. The molecule has 5 heteroatoms. The molecule has 2 amide bonds. The zero-order chi connectivity index (χ0) is 21.4. The molecule has 2 aromatic carbocycles. The summed E-state index contributed by atoms with van der Waals surface area (Å²) in [6.45, 7) is 1.24. The average molecular weight is 419 g/mol. The van der Waals surface area contributed by atoms with E-state index >= 15 is 0 Å². The van der Waals surface area contributed by atoms with Crippen molar-refractivity contribution >= 4 is 11.8 Å². The second kappa shape index (κ2) is 8.46. The molecule has 0 aliphatic carbocycles. The van der Waals surface area contributed by atoms with Crippen molar-refractivity contribution in [3.8, 4) is 0 Å². The molecule has 3 heterocycles. The van der Waals surface area contributed by atoms with Gasteiger partial charge in [0.2, 0.25) is 5.91 Å². The van der Waals surface area contributed by atoms with Gasteiger partial charge in [-0.15, -0.1) is 0 Å². The number of hydrogen-bond donors (Lipinski definition) is 1. The maximum absolute atomic E-state index is 13.2. The Labute approximate surface area is 183 Å². The fourth-order valence-electron chi connectivity index (χ4n) is 6.02. The molecule has 2 bridgehead atoms. The van der Waals surface area contributed by atoms with Gasteiger partial charge in [0.1, 0.15) is 0 Å². The second-order valence-corrected chi connectivity index (χ2v) is 9.33. The van der Waals surface area contributed by atoms with Crippen LogP contribution in [0.5, 0.6) is 0 Å². The third-order valence-corrected chi connectivity index (χ3v) is 7.45. The minimum atomic E-state index is -1.13. The normalized spacial score (nSPS) is 28.7. The highest BCUT2D eigenvalue weighted by Gasteiger charge is 2.50. The predicted octanol–water partition coefficient (Wildman–Crippen LogP) is 3.19. The summed E-state index contributed by atoms with van der Waals surface area (Å²) in [6.07, 6.45) is 3.33. The Balaban J connectivity index is 1.41. The molecule has 162 valence electrons. The second-order valence-electron chi connectivity index (χ2n) is 9.33. The van der Waals surface area contributed by atoms with Crippen molar-refractivity contribution in [3.63, 3.8) is 0 Å². The number of aliphatic hydroxyl groups is 1. The van der Waals surface area contributed by atoms with Crippen LogP contribution in [-0.4, -0.2) is 51.9 Å². The van der Waals surface area contributed by atoms with Gasteiger partial charge >= 0.3 is 0 Å². The van der Waals surface area contributed by atoms with Crippen molar-refractivity contribution in [1.82, 2.24) is 9.80 Å². The van der Waals surface area contributed by atoms with Crippen LogP contribution in [0.25, 0.3) is 0 Å². The van der Waals surface area contributed by atoms with Crippen LogP contribution in [0.3, 0.4) is 0 Å². The van der Waals surface area contributed by atoms with Crippen molar-refractivity contribution in [2.75, 3.05) is 13.1 Å². The zero-order valence-corrected chi connectivity index (χ0v) is 17.8. The number of rotatable bonds is 4. The Morgan fingerprint density at radius 2 is 1.68 bits per heavy atom. The lowest BCUT2D eigenvalue weighted by Gasteiger charge is -2.57. The van der Waals surface area contributed by atoms with Crippen LogP contribution in [-0.2, 0) is 16.0 Å². The van der Waals surface area contributed by atoms with E-state index in [2.05, 4.69) is 17.0 Å². The van der Waals surface area contributed by atoms with Gasteiger partial charge in [0.25, 0.3) is 5.91 Å². The summed E-state index contributed by atoms with van der Waals surface area (Å²) in [4.78, 5) is 30.2. The zero-order valence-electron chi connectivity index (χ0n) is 17.8. The van der Waals surface area contributed by atoms with Crippen LogP contribution in [0.4, 0.5) is 0 Å². The fourth-order valence-corrected chi connectivity index (χ4v) is 6.02. The van der Waals surface area contributed by atoms with E-state index in [-0.39, 0.29) is 29.8 Å². The minimum Gasteiger partial charge on any atom is -0.378 e. The Kier molecular flexibility index (Phi) is 5.53. The van der Waals surface area contributed by atoms with Crippen LogP contribution in [0.1, 0.15) is 42.9 Å². The number of nitrogens with zero attached hydrogens (tertiary/aromatic N) is 2. The topological polar surface area (TPSA) is 60.9 Å². The Morgan fingerprint density at radius 3 is 2.42 bits per heavy atom. The van der Waals surface area contributed by atoms with E-state index in [0.717, 1.165) is 25.7 Å². The van der Waals surface area contributed by atoms with Crippen LogP contribution < -0.4 is 0 Å². The van der Waals surface area contributed by atoms with Gasteiger partial charge in [0, 0.05) is 31.6 Å². The van der Waals surface area contributed by atoms with E-state index in [1.165, 1.54) is 5.56 Å². The molecule has 3 saturated heterocycles. The maximum Gasteiger partial charge on any atom is 0.256 e. The number of benzene rings is 2. The molecule has 0 radical (unpaired) electrons. The highest BCUT2D eigenvalue weighted by molar-refractivity contribution is 5.82. The van der Waals surface area contributed by atoms with Gasteiger partial charge in [0.05, 0.1) is 0 Å². The molecule has 0 saturated carbocycles. The third-order valence-electron chi connectivity index (χ3n) is 7.45. The van der Waals surface area contributed by atoms with Gasteiger partial charge < -0.3 is 14.9 Å². The molecule has 3 aliphatic rings. The summed E-state index contributed by atoms with van der Waals surface area (Å²) < 4.78 is 0. The molecule has 2 aromatic rings. The molecule has 0 unspecified atom stereocenters. The van der Waals surface area contributed by atoms with E-state index in [1.807, 2.05) is 41.3 Å². The SMILES string of the molecule is O=C([C@@H](O)c1ccccc1)N1C[C@H]2C[C@@H](C1)[C@H](Cc1ccccc1)N1C(=O)CCC[C@@H]21. The smallest absolute Gasteiger partial charge is 0.256 e. The summed E-state index contributed by atoms with van der Waals surface area (Å²) in [7, 11) is 0. The summed E-state index contributed by atoms with van der Waals surface area (Å²) in [5.74, 6) is 0.594. The molecule has 0 spiro atoms. The number of likely N-dealkylation sites (tertiary alicyclic amines) is 1. The van der Waals surface area contributed by atoms with E-state index in [0.29, 0.717) is 31.0 Å². The number of amides is 2. The predicted molar refractivity (Wildman–Crippen MR) is 118 cm³/mol. The third kappa shape index (κ3) is 3.87. The number of carbonyl (C=O) groups excluding carboxylic acids is 2. The summed E-state index contributed by atoms with van der Waals surface area (Å²) in [5.41, 5.74) is 1.87. The standard InChI is InChI=1S/C26H30N2O3/c29-24-13-7-12-22-20-15-21(23(28(22)24)14-18-8-3-1-4-9-18)17-27(16-20)26(31)25(30)19-10-5-2-6-11-19/h1-6,8-11,20-23,25,30H,7,12-17H2/t20-,21+,22+,23+,25+/m1/s1. The van der Waals surface area contributed by atoms with Crippen molar-refractivity contribution in [3.05, 3.63) is 71.8 Å². The first-order valence-corrected chi connectivity index (χ1v) is 11.5. The van der Waals surface area contributed by atoms with Crippen LogP contribution >= 0.6 is 0 Å². The Bertz CT molecular complexity index is 932. The molecular formula is C26H30N2O3. The van der Waals surface area contributed by atoms with Gasteiger partial charge in [-0.2, -0.15) is 0 Å². The number of fused-ring (bicyclic) bond motifs is 4. The van der Waals surface area contributed by atoms with Gasteiger partial charge in [0.15, 0.2) is 6.10 Å². The van der Waals surface area contributed by atoms with Gasteiger partial charge in [-0.25, -0.2) is 0 Å². The minimum absolute atomic E-state index is 0.112. The number of carbonyl (C=O) groups is 2. The maximum atomic E-state index is 13.2. The number of piperidine rings is 3. The first-order valence-electron chi connectivity index (χ1n) is 11.5. The summed E-state index contributed by atoms with van der Waals surface area (Å²) in [5, 5.41) is 10.7. The van der Waals surface area contributed by atoms with Gasteiger partial charge in [-0.05, 0) is 48.6 Å². The lowest BCUT2D eigenvalue weighted by atomic mass is 9.70. The summed E-state index contributed by atoms with van der Waals surface area (Å²) >= 11 is 0. The molecule has 3 aliphatic heterocycles. The molecule has 0 aromatic heterocycles. The average Bonchev–Trinajstić information content (AvgIpc) is 2.82. The van der Waals surface area contributed by atoms with Crippen molar-refractivity contribution in [2.24, 2.45) is 11.8 Å². The molecule has 5 nitrogen and oxygen atoms in total. The summed E-state index contributed by atoms with van der Waals surface area (Å²) in [6, 6.07) is 19.8. The molecule has 1 N–H and O–H groups in total. The Morgan fingerprint density at radius 1 is 1.00 bits per heavy atom. The molecular weight excluding hydrogens is 388 g/mol. The van der Waals surface area contributed by atoms with E-state index in [9.17, 15) is 14.7 Å². The van der Waals surface area contributed by atoms with Crippen molar-refractivity contribution in [2.45, 2.75) is 50.3 Å². The molecule has 5 rings (SSSR count). The van der Waals surface area contributed by atoms with E-state index in [1.54, 1.807) is 12.1 Å². The largest absolute Gasteiger partial charge is 0.378 e. The first kappa shape index (κ1) is 20.3. The van der Waals surface area contributed by atoms with Crippen molar-refractivity contribution in [1.29, 1.82) is 0 Å². The first-order chi connectivity index (χ1) is 15.1. The van der Waals surface area contributed by atoms with Gasteiger partial charge in [-0.3, -0.25) is 9.59 Å². The van der Waals surface area contributed by atoms with E-state index < -0.39 is 6.10 Å². The number of hydrogen-bond acceptors (Lipinski definition) is 3. The quantitative estimate of drug-likeness (QED) is 0.830. The molecule has 5 atom stereocenters. The molecule has 3 fully saturated rings. The van der Waals surface area contributed by atoms with Crippen LogP contribution in [0.2, 0.25) is 0 Å². The van der Waals surface area contributed by atoms with Gasteiger partial charge in [-0.1, -0.05) is 60.7 Å².